The highest BCUT2D eigenvalue weighted by atomic mass is 19.2. The molecule has 1 aromatic carbocycles. The van der Waals surface area contributed by atoms with Crippen LogP contribution in [0.15, 0.2) is 36.8 Å². The van der Waals surface area contributed by atoms with Crippen molar-refractivity contribution in [2.24, 2.45) is 5.92 Å². The van der Waals surface area contributed by atoms with Crippen molar-refractivity contribution < 1.29 is 18.3 Å². The highest BCUT2D eigenvalue weighted by molar-refractivity contribution is 5.78. The summed E-state index contributed by atoms with van der Waals surface area (Å²) in [7, 11) is 0. The van der Waals surface area contributed by atoms with Crippen molar-refractivity contribution in [2.75, 3.05) is 26.3 Å². The fraction of sp³-hybridized carbons (Fsp3) is 0.389. The number of hydrogen-bond acceptors (Lipinski definition) is 4. The van der Waals surface area contributed by atoms with Crippen LogP contribution in [0.1, 0.15) is 11.3 Å². The summed E-state index contributed by atoms with van der Waals surface area (Å²) < 4.78 is 31.9. The fourth-order valence-electron chi connectivity index (χ4n) is 2.90. The van der Waals surface area contributed by atoms with Crippen LogP contribution in [0.4, 0.5) is 8.78 Å². The van der Waals surface area contributed by atoms with E-state index >= 15 is 0 Å². The number of amides is 1. The SMILES string of the molecule is O=C(Cc1ccc(F)c(F)c1)N1CCOC[C@H](Cc2ccncn2)C1. The van der Waals surface area contributed by atoms with Crippen molar-refractivity contribution >= 4 is 5.91 Å². The Hall–Kier alpha value is -2.41. The minimum atomic E-state index is -0.939. The summed E-state index contributed by atoms with van der Waals surface area (Å²) in [5, 5.41) is 0. The summed E-state index contributed by atoms with van der Waals surface area (Å²) in [5.41, 5.74) is 1.36. The summed E-state index contributed by atoms with van der Waals surface area (Å²) >= 11 is 0. The molecule has 0 bridgehead atoms. The van der Waals surface area contributed by atoms with E-state index in [0.29, 0.717) is 38.3 Å². The van der Waals surface area contributed by atoms with Gasteiger partial charge in [-0.2, -0.15) is 0 Å². The van der Waals surface area contributed by atoms with E-state index in [9.17, 15) is 13.6 Å². The van der Waals surface area contributed by atoms with Gasteiger partial charge in [-0.3, -0.25) is 4.79 Å². The van der Waals surface area contributed by atoms with E-state index < -0.39 is 11.6 Å². The van der Waals surface area contributed by atoms with Crippen molar-refractivity contribution in [1.82, 2.24) is 14.9 Å². The molecular formula is C18H19F2N3O2. The molecule has 0 unspecified atom stereocenters. The normalized spacial score (nSPS) is 18.0. The Bertz CT molecular complexity index is 728. The number of halogens is 2. The molecule has 2 aromatic rings. The third-order valence-corrected chi connectivity index (χ3v) is 4.17. The van der Waals surface area contributed by atoms with Gasteiger partial charge in [0.1, 0.15) is 6.33 Å². The van der Waals surface area contributed by atoms with Crippen LogP contribution in [-0.4, -0.2) is 47.1 Å². The number of ether oxygens (including phenoxy) is 1. The average molecular weight is 347 g/mol. The third-order valence-electron chi connectivity index (χ3n) is 4.17. The first-order valence-corrected chi connectivity index (χ1v) is 8.16. The van der Waals surface area contributed by atoms with E-state index in [-0.39, 0.29) is 18.2 Å². The van der Waals surface area contributed by atoms with Gasteiger partial charge in [0.15, 0.2) is 11.6 Å². The average Bonchev–Trinajstić information content (AvgIpc) is 2.85. The molecule has 5 nitrogen and oxygen atoms in total. The number of aromatic nitrogens is 2. The first kappa shape index (κ1) is 17.4. The third kappa shape index (κ3) is 4.79. The van der Waals surface area contributed by atoms with Crippen molar-refractivity contribution in [2.45, 2.75) is 12.8 Å². The van der Waals surface area contributed by atoms with Gasteiger partial charge in [0.25, 0.3) is 0 Å². The quantitative estimate of drug-likeness (QED) is 0.849. The molecule has 1 aliphatic rings. The van der Waals surface area contributed by atoms with Crippen LogP contribution >= 0.6 is 0 Å². The molecule has 0 radical (unpaired) electrons. The molecule has 1 aromatic heterocycles. The smallest absolute Gasteiger partial charge is 0.227 e. The summed E-state index contributed by atoms with van der Waals surface area (Å²) in [6.45, 7) is 2.05. The van der Waals surface area contributed by atoms with E-state index in [0.717, 1.165) is 17.8 Å². The Morgan fingerprint density at radius 1 is 1.28 bits per heavy atom. The molecule has 132 valence electrons. The summed E-state index contributed by atoms with van der Waals surface area (Å²) in [5.74, 6) is -1.84. The highest BCUT2D eigenvalue weighted by Crippen LogP contribution is 2.15. The molecule has 1 saturated heterocycles. The number of rotatable bonds is 4. The van der Waals surface area contributed by atoms with Crippen LogP contribution in [0, 0.1) is 17.6 Å². The van der Waals surface area contributed by atoms with Gasteiger partial charge >= 0.3 is 0 Å². The van der Waals surface area contributed by atoms with E-state index in [4.69, 9.17) is 4.74 Å². The number of nitrogens with zero attached hydrogens (tertiary/aromatic N) is 3. The van der Waals surface area contributed by atoms with Gasteiger partial charge in [0.2, 0.25) is 5.91 Å². The zero-order chi connectivity index (χ0) is 17.6. The van der Waals surface area contributed by atoms with E-state index in [1.165, 1.54) is 12.4 Å². The largest absolute Gasteiger partial charge is 0.379 e. The Kier molecular flexibility index (Phi) is 5.65. The maximum atomic E-state index is 13.3. The van der Waals surface area contributed by atoms with Crippen molar-refractivity contribution in [3.63, 3.8) is 0 Å². The molecule has 1 aliphatic heterocycles. The topological polar surface area (TPSA) is 55.3 Å². The molecule has 0 aliphatic carbocycles. The van der Waals surface area contributed by atoms with E-state index in [2.05, 4.69) is 9.97 Å². The van der Waals surface area contributed by atoms with Crippen molar-refractivity contribution in [1.29, 1.82) is 0 Å². The molecule has 0 N–H and O–H groups in total. The summed E-state index contributed by atoms with van der Waals surface area (Å²) in [6, 6.07) is 5.39. The Balaban J connectivity index is 1.63. The second-order valence-electron chi connectivity index (χ2n) is 6.11. The molecule has 2 heterocycles. The molecule has 3 rings (SSSR count). The number of benzene rings is 1. The molecule has 0 spiro atoms. The number of carbonyl (C=O) groups is 1. The Morgan fingerprint density at radius 2 is 2.16 bits per heavy atom. The standard InChI is InChI=1S/C18H19F2N3O2/c19-16-2-1-13(8-17(16)20)9-18(24)23-5-6-25-11-14(10-23)7-15-3-4-21-12-22-15/h1-4,8,12,14H,5-7,9-11H2/t14-/m1/s1. The molecule has 1 fully saturated rings. The second kappa shape index (κ2) is 8.11. The van der Waals surface area contributed by atoms with E-state index in [1.807, 2.05) is 6.07 Å². The molecular weight excluding hydrogens is 328 g/mol. The molecule has 25 heavy (non-hydrogen) atoms. The maximum absolute atomic E-state index is 13.3. The number of hydrogen-bond donors (Lipinski definition) is 0. The van der Waals surface area contributed by atoms with Gasteiger partial charge < -0.3 is 9.64 Å². The van der Waals surface area contributed by atoms with Crippen LogP contribution in [0.3, 0.4) is 0 Å². The van der Waals surface area contributed by atoms with Gasteiger partial charge in [-0.1, -0.05) is 6.07 Å². The fourth-order valence-corrected chi connectivity index (χ4v) is 2.90. The second-order valence-corrected chi connectivity index (χ2v) is 6.11. The molecule has 1 atom stereocenters. The van der Waals surface area contributed by atoms with Crippen LogP contribution in [0.25, 0.3) is 0 Å². The van der Waals surface area contributed by atoms with Gasteiger partial charge in [0, 0.05) is 30.9 Å². The summed E-state index contributed by atoms with van der Waals surface area (Å²) in [4.78, 5) is 22.4. The van der Waals surface area contributed by atoms with Crippen LogP contribution in [0.5, 0.6) is 0 Å². The summed E-state index contributed by atoms with van der Waals surface area (Å²) in [6.07, 6.45) is 3.92. The zero-order valence-electron chi connectivity index (χ0n) is 13.7. The van der Waals surface area contributed by atoms with Crippen LogP contribution < -0.4 is 0 Å². The lowest BCUT2D eigenvalue weighted by atomic mass is 10.0. The molecule has 0 saturated carbocycles. The Morgan fingerprint density at radius 3 is 2.92 bits per heavy atom. The molecule has 7 heteroatoms. The van der Waals surface area contributed by atoms with E-state index in [1.54, 1.807) is 11.1 Å². The zero-order valence-corrected chi connectivity index (χ0v) is 13.7. The van der Waals surface area contributed by atoms with Crippen LogP contribution in [-0.2, 0) is 22.4 Å². The minimum Gasteiger partial charge on any atom is -0.379 e. The number of carbonyl (C=O) groups excluding carboxylic acids is 1. The maximum Gasteiger partial charge on any atom is 0.227 e. The lowest BCUT2D eigenvalue weighted by molar-refractivity contribution is -0.130. The predicted octanol–water partition coefficient (Wildman–Crippen LogP) is 2.02. The van der Waals surface area contributed by atoms with Gasteiger partial charge in [-0.15, -0.1) is 0 Å². The lowest BCUT2D eigenvalue weighted by Crippen LogP contribution is -2.37. The first-order valence-electron chi connectivity index (χ1n) is 8.16. The Labute approximate surface area is 144 Å². The predicted molar refractivity (Wildman–Crippen MR) is 86.7 cm³/mol. The minimum absolute atomic E-state index is 0.0391. The monoisotopic (exact) mass is 347 g/mol. The van der Waals surface area contributed by atoms with Crippen molar-refractivity contribution in [3.8, 4) is 0 Å². The van der Waals surface area contributed by atoms with Crippen LogP contribution in [0.2, 0.25) is 0 Å². The van der Waals surface area contributed by atoms with Gasteiger partial charge in [-0.25, -0.2) is 18.7 Å². The van der Waals surface area contributed by atoms with Crippen molar-refractivity contribution in [3.05, 3.63) is 59.7 Å². The lowest BCUT2D eigenvalue weighted by Gasteiger charge is -2.23. The molecule has 1 amide bonds. The highest BCUT2D eigenvalue weighted by Gasteiger charge is 2.23. The van der Waals surface area contributed by atoms with Gasteiger partial charge in [-0.05, 0) is 30.2 Å². The first-order chi connectivity index (χ1) is 12.1. The van der Waals surface area contributed by atoms with Gasteiger partial charge in [0.05, 0.1) is 19.6 Å².